The molecule has 61 heavy (non-hydrogen) atoms. The minimum absolute atomic E-state index is 0.826. The van der Waals surface area contributed by atoms with Crippen molar-refractivity contribution in [3.63, 3.8) is 0 Å². The molecule has 13 rings (SSSR count). The average molecular weight is 778 g/mol. The highest BCUT2D eigenvalue weighted by molar-refractivity contribution is 6.12. The number of para-hydroxylation sites is 5. The predicted octanol–water partition coefficient (Wildman–Crippen LogP) is 14.2. The van der Waals surface area contributed by atoms with Crippen molar-refractivity contribution in [1.29, 1.82) is 0 Å². The molecule has 0 aliphatic heterocycles. The summed E-state index contributed by atoms with van der Waals surface area (Å²) in [6, 6.07) is 76.2. The Morgan fingerprint density at radius 1 is 0.279 bits per heavy atom. The Morgan fingerprint density at radius 3 is 1.38 bits per heavy atom. The second-order valence-corrected chi connectivity index (χ2v) is 15.8. The summed E-state index contributed by atoms with van der Waals surface area (Å²) < 4.78 is 6.91. The van der Waals surface area contributed by atoms with Gasteiger partial charge in [-0.15, -0.1) is 0 Å². The van der Waals surface area contributed by atoms with E-state index in [1.54, 1.807) is 0 Å². The second-order valence-electron chi connectivity index (χ2n) is 15.8. The molecule has 5 heteroatoms. The molecule has 0 saturated carbocycles. The van der Waals surface area contributed by atoms with Crippen LogP contribution in [-0.4, -0.2) is 23.5 Å². The van der Waals surface area contributed by atoms with E-state index in [0.29, 0.717) is 0 Å². The Balaban J connectivity index is 0.897. The second kappa shape index (κ2) is 13.1. The fourth-order valence-electron chi connectivity index (χ4n) is 9.56. The molecule has 0 aliphatic carbocycles. The molecule has 0 aliphatic rings. The van der Waals surface area contributed by atoms with E-state index >= 15 is 0 Å². The van der Waals surface area contributed by atoms with E-state index in [1.165, 1.54) is 66.0 Å². The average Bonchev–Trinajstić information content (AvgIpc) is 4.00. The minimum Gasteiger partial charge on any atom is -0.309 e. The number of benzene rings is 9. The van der Waals surface area contributed by atoms with Gasteiger partial charge in [0.05, 0.1) is 38.6 Å². The molecule has 0 unspecified atom stereocenters. The smallest absolute Gasteiger partial charge is 0.221 e. The van der Waals surface area contributed by atoms with Crippen LogP contribution in [0, 0.1) is 0 Å². The predicted molar refractivity (Wildman–Crippen MR) is 253 cm³/mol. The van der Waals surface area contributed by atoms with E-state index in [-0.39, 0.29) is 0 Å². The molecule has 0 saturated heterocycles. The van der Waals surface area contributed by atoms with Crippen LogP contribution in [0.15, 0.2) is 212 Å². The first-order valence-corrected chi connectivity index (χ1v) is 20.7. The van der Waals surface area contributed by atoms with Crippen LogP contribution < -0.4 is 0 Å². The summed E-state index contributed by atoms with van der Waals surface area (Å²) >= 11 is 0. The lowest BCUT2D eigenvalue weighted by molar-refractivity contribution is 0.979. The SMILES string of the molecule is c1ccc(-c2ccc(-n3c4ccccc4c4cc(-c5ccc(-c6ccc7c(c6)c6ccccc6n7-c6nc7ccccc7c7nc8ccccc8n67)cc5)ccc43)cc2)cc1. The van der Waals surface area contributed by atoms with Gasteiger partial charge in [-0.2, -0.15) is 0 Å². The molecule has 0 amide bonds. The van der Waals surface area contributed by atoms with Gasteiger partial charge in [-0.1, -0.05) is 140 Å². The zero-order valence-corrected chi connectivity index (χ0v) is 32.9. The van der Waals surface area contributed by atoms with E-state index < -0.39 is 0 Å². The van der Waals surface area contributed by atoms with Gasteiger partial charge in [-0.05, 0) is 106 Å². The lowest BCUT2D eigenvalue weighted by Gasteiger charge is -2.12. The first-order valence-electron chi connectivity index (χ1n) is 20.7. The molecule has 9 aromatic carbocycles. The topological polar surface area (TPSA) is 40.0 Å². The van der Waals surface area contributed by atoms with Crippen LogP contribution in [0.25, 0.3) is 116 Å². The summed E-state index contributed by atoms with van der Waals surface area (Å²) in [5, 5.41) is 5.89. The fraction of sp³-hybridized carbons (Fsp3) is 0. The first-order chi connectivity index (χ1) is 30.2. The van der Waals surface area contributed by atoms with Gasteiger partial charge in [0.25, 0.3) is 0 Å². The zero-order chi connectivity index (χ0) is 40.0. The summed E-state index contributed by atoms with van der Waals surface area (Å²) in [5.41, 5.74) is 16.7. The monoisotopic (exact) mass is 777 g/mol. The van der Waals surface area contributed by atoms with Gasteiger partial charge in [0, 0.05) is 32.6 Å². The number of imidazole rings is 1. The van der Waals surface area contributed by atoms with Crippen molar-refractivity contribution < 1.29 is 0 Å². The molecule has 0 radical (unpaired) electrons. The van der Waals surface area contributed by atoms with Crippen molar-refractivity contribution in [1.82, 2.24) is 23.5 Å². The van der Waals surface area contributed by atoms with Crippen LogP contribution in [0.1, 0.15) is 0 Å². The van der Waals surface area contributed by atoms with Crippen molar-refractivity contribution in [3.05, 3.63) is 212 Å². The quantitative estimate of drug-likeness (QED) is 0.175. The Morgan fingerprint density at radius 2 is 0.721 bits per heavy atom. The lowest BCUT2D eigenvalue weighted by atomic mass is 9.98. The molecule has 0 spiro atoms. The lowest BCUT2D eigenvalue weighted by Crippen LogP contribution is -2.06. The number of hydrogen-bond donors (Lipinski definition) is 0. The third kappa shape index (κ3) is 5.14. The Hall–Kier alpha value is -8.28. The maximum absolute atomic E-state index is 5.34. The molecule has 0 N–H and O–H groups in total. The van der Waals surface area contributed by atoms with E-state index in [4.69, 9.17) is 9.97 Å². The normalized spacial score (nSPS) is 11.9. The molecule has 0 fully saturated rings. The van der Waals surface area contributed by atoms with Crippen molar-refractivity contribution in [2.75, 3.05) is 0 Å². The van der Waals surface area contributed by atoms with Crippen LogP contribution in [0.2, 0.25) is 0 Å². The molecule has 0 bridgehead atoms. The molecule has 13 aromatic rings. The maximum atomic E-state index is 5.34. The highest BCUT2D eigenvalue weighted by atomic mass is 15.2. The number of aromatic nitrogens is 5. The molecule has 4 heterocycles. The van der Waals surface area contributed by atoms with Crippen molar-refractivity contribution >= 4 is 71.2 Å². The van der Waals surface area contributed by atoms with Crippen molar-refractivity contribution in [3.8, 4) is 45.0 Å². The first kappa shape index (κ1) is 33.7. The van der Waals surface area contributed by atoms with E-state index in [2.05, 4.69) is 214 Å². The van der Waals surface area contributed by atoms with E-state index in [0.717, 1.165) is 50.3 Å². The summed E-state index contributed by atoms with van der Waals surface area (Å²) in [7, 11) is 0. The Bertz CT molecular complexity index is 3850. The third-order valence-corrected chi connectivity index (χ3v) is 12.5. The van der Waals surface area contributed by atoms with Gasteiger partial charge in [-0.25, -0.2) is 9.97 Å². The summed E-state index contributed by atoms with van der Waals surface area (Å²) in [6.45, 7) is 0. The molecule has 0 atom stereocenters. The van der Waals surface area contributed by atoms with Gasteiger partial charge in [0.2, 0.25) is 5.95 Å². The number of fused-ring (bicyclic) bond motifs is 11. The van der Waals surface area contributed by atoms with Gasteiger partial charge < -0.3 is 4.57 Å². The molecule has 5 nitrogen and oxygen atoms in total. The summed E-state index contributed by atoms with van der Waals surface area (Å²) in [5.74, 6) is 0.826. The zero-order valence-electron chi connectivity index (χ0n) is 32.9. The van der Waals surface area contributed by atoms with Crippen LogP contribution in [-0.2, 0) is 0 Å². The van der Waals surface area contributed by atoms with E-state index in [1.807, 2.05) is 12.1 Å². The van der Waals surface area contributed by atoms with Gasteiger partial charge >= 0.3 is 0 Å². The molecular weight excluding hydrogens is 743 g/mol. The van der Waals surface area contributed by atoms with Gasteiger partial charge in [0.1, 0.15) is 5.65 Å². The summed E-state index contributed by atoms with van der Waals surface area (Å²) in [6.07, 6.45) is 0. The van der Waals surface area contributed by atoms with Crippen LogP contribution in [0.3, 0.4) is 0 Å². The van der Waals surface area contributed by atoms with E-state index in [9.17, 15) is 0 Å². The highest BCUT2D eigenvalue weighted by Crippen LogP contribution is 2.39. The standard InChI is InChI=1S/C56H35N5/c1-2-12-36(13-3-1)37-26-30-42(31-27-37)59-50-19-9-5-14-43(50)46-34-40(28-32-52(46)59)38-22-24-39(25-23-38)41-29-33-53-47(35-41)44-15-6-10-20-51(44)60(53)56-58-48-17-7-4-16-45(48)55-57-49-18-8-11-21-54(49)61(55)56/h1-35H. The number of nitrogens with zero attached hydrogens (tertiary/aromatic N) is 5. The Labute approximate surface area is 350 Å². The van der Waals surface area contributed by atoms with Gasteiger partial charge in [-0.3, -0.25) is 8.97 Å². The molecule has 284 valence electrons. The summed E-state index contributed by atoms with van der Waals surface area (Å²) in [4.78, 5) is 10.5. The van der Waals surface area contributed by atoms with Gasteiger partial charge in [0.15, 0.2) is 0 Å². The molecular formula is C56H35N5. The van der Waals surface area contributed by atoms with Crippen molar-refractivity contribution in [2.45, 2.75) is 0 Å². The number of hydrogen-bond acceptors (Lipinski definition) is 2. The van der Waals surface area contributed by atoms with Crippen LogP contribution in [0.4, 0.5) is 0 Å². The number of rotatable bonds is 5. The fourth-order valence-corrected chi connectivity index (χ4v) is 9.56. The third-order valence-electron chi connectivity index (χ3n) is 12.5. The van der Waals surface area contributed by atoms with Crippen molar-refractivity contribution in [2.24, 2.45) is 0 Å². The Kier molecular flexibility index (Phi) is 7.24. The maximum Gasteiger partial charge on any atom is 0.221 e. The largest absolute Gasteiger partial charge is 0.309 e. The van der Waals surface area contributed by atoms with Crippen LogP contribution in [0.5, 0.6) is 0 Å². The molecule has 4 aromatic heterocycles. The van der Waals surface area contributed by atoms with Crippen LogP contribution >= 0.6 is 0 Å². The minimum atomic E-state index is 0.826. The highest BCUT2D eigenvalue weighted by Gasteiger charge is 2.20.